The molecule has 0 fully saturated rings. The van der Waals surface area contributed by atoms with Crippen molar-refractivity contribution in [2.45, 2.75) is 40.5 Å². The molecule has 9 heteroatoms. The van der Waals surface area contributed by atoms with E-state index in [-0.39, 0.29) is 12.3 Å². The number of amides is 1. The molecule has 0 radical (unpaired) electrons. The van der Waals surface area contributed by atoms with Gasteiger partial charge < -0.3 is 14.8 Å². The van der Waals surface area contributed by atoms with Gasteiger partial charge in [0.05, 0.1) is 23.4 Å². The number of rotatable bonds is 8. The smallest absolute Gasteiger partial charge is 0.350 e. The van der Waals surface area contributed by atoms with Crippen molar-refractivity contribution in [2.75, 3.05) is 18.5 Å². The average Bonchev–Trinajstić information content (AvgIpc) is 3.01. The maximum atomic E-state index is 12.1. The summed E-state index contributed by atoms with van der Waals surface area (Å²) in [6, 6.07) is 1.87. The molecule has 1 N–H and O–H groups in total. The Morgan fingerprint density at radius 3 is 2.71 bits per heavy atom. The minimum Gasteiger partial charge on any atom is -0.492 e. The average molecular weight is 490 g/mol. The molecular formula is C19H22BrClN2O4S. The van der Waals surface area contributed by atoms with Crippen LogP contribution in [0, 0.1) is 20.8 Å². The molecule has 28 heavy (non-hydrogen) atoms. The van der Waals surface area contributed by atoms with Gasteiger partial charge in [-0.1, -0.05) is 22.9 Å². The summed E-state index contributed by atoms with van der Waals surface area (Å²) in [5.41, 5.74) is 2.40. The lowest BCUT2D eigenvalue weighted by molar-refractivity contribution is -0.116. The Labute approximate surface area is 181 Å². The largest absolute Gasteiger partial charge is 0.492 e. The van der Waals surface area contributed by atoms with Crippen molar-refractivity contribution in [1.82, 2.24) is 4.98 Å². The zero-order chi connectivity index (χ0) is 20.8. The molecule has 2 aromatic rings. The number of ether oxygens (including phenoxy) is 2. The standard InChI is InChI=1S/C19H22BrClN2O4S/c1-5-26-18(25)17-12(4)22-19(28-17)23-14(24)7-6-8-27-13-9-10(2)16(21)11(3)15(13)20/h9H,5-8H2,1-4H3,(H,22,23,24). The van der Waals surface area contributed by atoms with Crippen molar-refractivity contribution in [1.29, 1.82) is 0 Å². The number of hydrogen-bond donors (Lipinski definition) is 1. The van der Waals surface area contributed by atoms with Gasteiger partial charge in [0.1, 0.15) is 10.6 Å². The predicted octanol–water partition coefficient (Wildman–Crippen LogP) is 5.46. The molecule has 0 atom stereocenters. The lowest BCUT2D eigenvalue weighted by Gasteiger charge is -2.13. The fourth-order valence-corrected chi connectivity index (χ4v) is 4.00. The first-order valence-corrected chi connectivity index (χ1v) is 10.8. The maximum absolute atomic E-state index is 12.1. The summed E-state index contributed by atoms with van der Waals surface area (Å²) in [6.45, 7) is 7.96. The minimum atomic E-state index is -0.425. The van der Waals surface area contributed by atoms with E-state index in [1.165, 1.54) is 0 Å². The van der Waals surface area contributed by atoms with Crippen LogP contribution in [-0.4, -0.2) is 30.1 Å². The molecule has 1 heterocycles. The summed E-state index contributed by atoms with van der Waals surface area (Å²) >= 11 is 10.8. The van der Waals surface area contributed by atoms with E-state index in [0.717, 1.165) is 26.9 Å². The first-order valence-electron chi connectivity index (χ1n) is 8.77. The van der Waals surface area contributed by atoms with Gasteiger partial charge in [-0.05, 0) is 67.2 Å². The van der Waals surface area contributed by atoms with Crippen molar-refractivity contribution in [3.05, 3.63) is 37.3 Å². The summed E-state index contributed by atoms with van der Waals surface area (Å²) in [5.74, 6) is 0.0928. The molecule has 0 saturated heterocycles. The second-order valence-electron chi connectivity index (χ2n) is 6.10. The Morgan fingerprint density at radius 1 is 1.32 bits per heavy atom. The van der Waals surface area contributed by atoms with Gasteiger partial charge in [-0.2, -0.15) is 0 Å². The van der Waals surface area contributed by atoms with Crippen molar-refractivity contribution in [3.63, 3.8) is 0 Å². The number of anilines is 1. The van der Waals surface area contributed by atoms with Crippen LogP contribution < -0.4 is 10.1 Å². The number of thiazole rings is 1. The zero-order valence-electron chi connectivity index (χ0n) is 16.2. The number of carbonyl (C=O) groups excluding carboxylic acids is 2. The number of esters is 1. The van der Waals surface area contributed by atoms with Gasteiger partial charge in [0.15, 0.2) is 5.13 Å². The lowest BCUT2D eigenvalue weighted by atomic mass is 10.1. The van der Waals surface area contributed by atoms with Crippen LogP contribution in [0.5, 0.6) is 5.75 Å². The van der Waals surface area contributed by atoms with Gasteiger partial charge in [0, 0.05) is 11.4 Å². The number of nitrogens with zero attached hydrogens (tertiary/aromatic N) is 1. The van der Waals surface area contributed by atoms with Gasteiger partial charge in [0.2, 0.25) is 5.91 Å². The SMILES string of the molecule is CCOC(=O)c1sc(NC(=O)CCCOc2cc(C)c(Cl)c(C)c2Br)nc1C. The highest BCUT2D eigenvalue weighted by Gasteiger charge is 2.17. The molecule has 0 bridgehead atoms. The molecule has 1 amide bonds. The topological polar surface area (TPSA) is 77.5 Å². The van der Waals surface area contributed by atoms with E-state index >= 15 is 0 Å². The number of aromatic nitrogens is 1. The van der Waals surface area contributed by atoms with Crippen LogP contribution in [0.2, 0.25) is 5.02 Å². The van der Waals surface area contributed by atoms with Crippen molar-refractivity contribution in [2.24, 2.45) is 0 Å². The summed E-state index contributed by atoms with van der Waals surface area (Å²) in [5, 5.41) is 3.81. The van der Waals surface area contributed by atoms with Crippen molar-refractivity contribution < 1.29 is 19.1 Å². The maximum Gasteiger partial charge on any atom is 0.350 e. The third kappa shape index (κ3) is 5.68. The molecule has 1 aromatic carbocycles. The Bertz CT molecular complexity index is 885. The number of carbonyl (C=O) groups is 2. The first kappa shape index (κ1) is 22.6. The molecular weight excluding hydrogens is 468 g/mol. The molecule has 0 saturated carbocycles. The van der Waals surface area contributed by atoms with Crippen LogP contribution in [0.4, 0.5) is 5.13 Å². The van der Waals surface area contributed by atoms with E-state index in [0.29, 0.717) is 46.1 Å². The van der Waals surface area contributed by atoms with E-state index in [4.69, 9.17) is 21.1 Å². The Balaban J connectivity index is 1.84. The van der Waals surface area contributed by atoms with Gasteiger partial charge in [-0.3, -0.25) is 4.79 Å². The van der Waals surface area contributed by atoms with Crippen LogP contribution in [0.25, 0.3) is 0 Å². The van der Waals surface area contributed by atoms with Gasteiger partial charge >= 0.3 is 5.97 Å². The van der Waals surface area contributed by atoms with E-state index in [2.05, 4.69) is 26.2 Å². The Kier molecular flexibility index (Phi) is 8.27. The van der Waals surface area contributed by atoms with Crippen LogP contribution >= 0.6 is 38.9 Å². The van der Waals surface area contributed by atoms with E-state index in [1.807, 2.05) is 19.9 Å². The number of benzene rings is 1. The molecule has 0 aliphatic carbocycles. The second-order valence-corrected chi connectivity index (χ2v) is 8.27. The predicted molar refractivity (Wildman–Crippen MR) is 115 cm³/mol. The number of halogens is 2. The highest BCUT2D eigenvalue weighted by Crippen LogP contribution is 2.35. The molecule has 0 spiro atoms. The third-order valence-corrected chi connectivity index (χ3v) is 6.50. The molecule has 152 valence electrons. The monoisotopic (exact) mass is 488 g/mol. The zero-order valence-corrected chi connectivity index (χ0v) is 19.3. The van der Waals surface area contributed by atoms with Crippen LogP contribution in [0.1, 0.15) is 46.3 Å². The fraction of sp³-hybridized carbons (Fsp3) is 0.421. The first-order chi connectivity index (χ1) is 13.2. The third-order valence-electron chi connectivity index (χ3n) is 3.88. The summed E-state index contributed by atoms with van der Waals surface area (Å²) in [4.78, 5) is 28.5. The van der Waals surface area contributed by atoms with Crippen molar-refractivity contribution in [3.8, 4) is 5.75 Å². The highest BCUT2D eigenvalue weighted by atomic mass is 79.9. The van der Waals surface area contributed by atoms with E-state index in [1.54, 1.807) is 13.8 Å². The molecule has 2 rings (SSSR count). The summed E-state index contributed by atoms with van der Waals surface area (Å²) in [6.07, 6.45) is 0.810. The number of nitrogens with one attached hydrogen (secondary N) is 1. The summed E-state index contributed by atoms with van der Waals surface area (Å²) < 4.78 is 11.6. The fourth-order valence-electron chi connectivity index (χ4n) is 2.44. The van der Waals surface area contributed by atoms with Gasteiger partial charge in [-0.15, -0.1) is 0 Å². The molecule has 0 aliphatic rings. The molecule has 0 unspecified atom stereocenters. The van der Waals surface area contributed by atoms with Crippen LogP contribution in [-0.2, 0) is 9.53 Å². The van der Waals surface area contributed by atoms with E-state index < -0.39 is 5.97 Å². The molecule has 6 nitrogen and oxygen atoms in total. The molecule has 1 aromatic heterocycles. The lowest BCUT2D eigenvalue weighted by Crippen LogP contribution is -2.12. The van der Waals surface area contributed by atoms with Gasteiger partial charge in [0.25, 0.3) is 0 Å². The molecule has 0 aliphatic heterocycles. The Hall–Kier alpha value is -1.64. The number of aryl methyl sites for hydroxylation is 2. The highest BCUT2D eigenvalue weighted by molar-refractivity contribution is 9.10. The normalized spacial score (nSPS) is 10.6. The van der Waals surface area contributed by atoms with Crippen molar-refractivity contribution >= 4 is 55.9 Å². The minimum absolute atomic E-state index is 0.185. The van der Waals surface area contributed by atoms with Crippen LogP contribution in [0.15, 0.2) is 10.5 Å². The quantitative estimate of drug-likeness (QED) is 0.393. The Morgan fingerprint density at radius 2 is 2.04 bits per heavy atom. The van der Waals surface area contributed by atoms with E-state index in [9.17, 15) is 9.59 Å². The number of hydrogen-bond acceptors (Lipinski definition) is 6. The summed E-state index contributed by atoms with van der Waals surface area (Å²) in [7, 11) is 0. The second kappa shape index (κ2) is 10.2. The van der Waals surface area contributed by atoms with Gasteiger partial charge in [-0.25, -0.2) is 9.78 Å². The van der Waals surface area contributed by atoms with Crippen LogP contribution in [0.3, 0.4) is 0 Å².